The SMILES string of the molecule is CNC(Cc1ncc[nH]1)c1c(F)cc(F)cc1F. The van der Waals surface area contributed by atoms with Crippen molar-refractivity contribution in [2.75, 3.05) is 7.05 Å². The summed E-state index contributed by atoms with van der Waals surface area (Å²) in [6, 6.07) is 0.729. The summed E-state index contributed by atoms with van der Waals surface area (Å²) in [5, 5.41) is 2.80. The molecule has 1 aromatic carbocycles. The lowest BCUT2D eigenvalue weighted by molar-refractivity contribution is 0.471. The molecular weight excluding hydrogens is 243 g/mol. The first-order valence-electron chi connectivity index (χ1n) is 5.41. The Morgan fingerprint density at radius 1 is 1.28 bits per heavy atom. The third-order valence-electron chi connectivity index (χ3n) is 2.69. The predicted molar refractivity (Wildman–Crippen MR) is 60.4 cm³/mol. The summed E-state index contributed by atoms with van der Waals surface area (Å²) >= 11 is 0. The van der Waals surface area contributed by atoms with Gasteiger partial charge < -0.3 is 10.3 Å². The third-order valence-corrected chi connectivity index (χ3v) is 2.69. The highest BCUT2D eigenvalue weighted by Crippen LogP contribution is 2.24. The summed E-state index contributed by atoms with van der Waals surface area (Å²) in [6.07, 6.45) is 3.46. The largest absolute Gasteiger partial charge is 0.349 e. The minimum atomic E-state index is -0.929. The van der Waals surface area contributed by atoms with Crippen molar-refractivity contribution < 1.29 is 13.2 Å². The number of rotatable bonds is 4. The van der Waals surface area contributed by atoms with Gasteiger partial charge in [0.25, 0.3) is 0 Å². The molecule has 2 aromatic rings. The monoisotopic (exact) mass is 255 g/mol. The number of H-pyrrole nitrogens is 1. The predicted octanol–water partition coefficient (Wildman–Crippen LogP) is 2.33. The molecule has 2 N–H and O–H groups in total. The summed E-state index contributed by atoms with van der Waals surface area (Å²) in [4.78, 5) is 6.84. The van der Waals surface area contributed by atoms with Crippen LogP contribution in [0.4, 0.5) is 13.2 Å². The number of halogens is 3. The van der Waals surface area contributed by atoms with Gasteiger partial charge in [-0.2, -0.15) is 0 Å². The van der Waals surface area contributed by atoms with Gasteiger partial charge in [0, 0.05) is 42.6 Å². The molecule has 0 amide bonds. The van der Waals surface area contributed by atoms with E-state index < -0.39 is 23.5 Å². The van der Waals surface area contributed by atoms with E-state index in [4.69, 9.17) is 0 Å². The molecule has 6 heteroatoms. The average molecular weight is 255 g/mol. The van der Waals surface area contributed by atoms with E-state index in [-0.39, 0.29) is 12.0 Å². The van der Waals surface area contributed by atoms with Gasteiger partial charge in [0.15, 0.2) is 0 Å². The third kappa shape index (κ3) is 2.53. The van der Waals surface area contributed by atoms with Gasteiger partial charge in [-0.15, -0.1) is 0 Å². The fraction of sp³-hybridized carbons (Fsp3) is 0.250. The molecule has 96 valence electrons. The molecular formula is C12H12F3N3. The van der Waals surface area contributed by atoms with Gasteiger partial charge in [-0.3, -0.25) is 0 Å². The lowest BCUT2D eigenvalue weighted by Crippen LogP contribution is -2.22. The Morgan fingerprint density at radius 2 is 1.94 bits per heavy atom. The first kappa shape index (κ1) is 12.6. The summed E-state index contributed by atoms with van der Waals surface area (Å²) in [5.74, 6) is -2.14. The zero-order valence-corrected chi connectivity index (χ0v) is 9.67. The molecule has 0 aliphatic carbocycles. The van der Waals surface area contributed by atoms with Crippen LogP contribution in [0.15, 0.2) is 24.5 Å². The Kier molecular flexibility index (Phi) is 3.66. The van der Waals surface area contributed by atoms with E-state index in [0.717, 1.165) is 0 Å². The second-order valence-corrected chi connectivity index (χ2v) is 3.86. The van der Waals surface area contributed by atoms with Crippen molar-refractivity contribution in [3.05, 3.63) is 53.4 Å². The maximum atomic E-state index is 13.6. The number of hydrogen-bond donors (Lipinski definition) is 2. The van der Waals surface area contributed by atoms with Crippen LogP contribution in [-0.2, 0) is 6.42 Å². The fourth-order valence-electron chi connectivity index (χ4n) is 1.84. The first-order chi connectivity index (χ1) is 8.61. The highest BCUT2D eigenvalue weighted by molar-refractivity contribution is 5.25. The Hall–Kier alpha value is -1.82. The molecule has 1 unspecified atom stereocenters. The molecule has 3 nitrogen and oxygen atoms in total. The molecule has 0 aliphatic heterocycles. The van der Waals surface area contributed by atoms with E-state index in [1.165, 1.54) is 0 Å². The molecule has 0 aliphatic rings. The molecule has 0 spiro atoms. The van der Waals surface area contributed by atoms with Crippen molar-refractivity contribution in [1.29, 1.82) is 0 Å². The van der Waals surface area contributed by atoms with Gasteiger partial charge in [0.1, 0.15) is 23.3 Å². The van der Waals surface area contributed by atoms with E-state index in [9.17, 15) is 13.2 Å². The number of likely N-dealkylation sites (N-methyl/N-ethyl adjacent to an activating group) is 1. The Bertz CT molecular complexity index is 502. The molecule has 0 saturated carbocycles. The number of hydrogen-bond acceptors (Lipinski definition) is 2. The smallest absolute Gasteiger partial charge is 0.133 e. The molecule has 18 heavy (non-hydrogen) atoms. The molecule has 1 heterocycles. The summed E-state index contributed by atoms with van der Waals surface area (Å²) in [7, 11) is 1.58. The topological polar surface area (TPSA) is 40.7 Å². The zero-order chi connectivity index (χ0) is 13.1. The Labute approximate surface area is 102 Å². The molecule has 2 rings (SSSR count). The van der Waals surface area contributed by atoms with Crippen molar-refractivity contribution >= 4 is 0 Å². The molecule has 1 atom stereocenters. The van der Waals surface area contributed by atoms with Crippen molar-refractivity contribution in [1.82, 2.24) is 15.3 Å². The van der Waals surface area contributed by atoms with Crippen LogP contribution in [0.25, 0.3) is 0 Å². The van der Waals surface area contributed by atoms with Crippen LogP contribution in [0.2, 0.25) is 0 Å². The molecule has 0 saturated heterocycles. The maximum absolute atomic E-state index is 13.6. The normalized spacial score (nSPS) is 12.7. The van der Waals surface area contributed by atoms with Crippen LogP contribution >= 0.6 is 0 Å². The van der Waals surface area contributed by atoms with E-state index >= 15 is 0 Å². The lowest BCUT2D eigenvalue weighted by Gasteiger charge is -2.17. The quantitative estimate of drug-likeness (QED) is 0.880. The van der Waals surface area contributed by atoms with Gasteiger partial charge in [0.05, 0.1) is 0 Å². The van der Waals surface area contributed by atoms with Gasteiger partial charge >= 0.3 is 0 Å². The second kappa shape index (κ2) is 5.22. The zero-order valence-electron chi connectivity index (χ0n) is 9.67. The number of aromatic amines is 1. The van der Waals surface area contributed by atoms with Crippen molar-refractivity contribution in [2.45, 2.75) is 12.5 Å². The van der Waals surface area contributed by atoms with Crippen molar-refractivity contribution in [3.63, 3.8) is 0 Å². The minimum absolute atomic E-state index is 0.185. The average Bonchev–Trinajstić information content (AvgIpc) is 2.79. The van der Waals surface area contributed by atoms with Crippen LogP contribution < -0.4 is 5.32 Å². The van der Waals surface area contributed by atoms with E-state index in [2.05, 4.69) is 15.3 Å². The van der Waals surface area contributed by atoms with Gasteiger partial charge in [-0.1, -0.05) is 0 Å². The number of benzene rings is 1. The summed E-state index contributed by atoms with van der Waals surface area (Å²) < 4.78 is 40.1. The fourth-order valence-corrected chi connectivity index (χ4v) is 1.84. The summed E-state index contributed by atoms with van der Waals surface area (Å²) in [6.45, 7) is 0. The molecule has 0 fully saturated rings. The van der Waals surface area contributed by atoms with Gasteiger partial charge in [-0.05, 0) is 7.05 Å². The van der Waals surface area contributed by atoms with Gasteiger partial charge in [-0.25, -0.2) is 18.2 Å². The van der Waals surface area contributed by atoms with Crippen molar-refractivity contribution in [2.24, 2.45) is 0 Å². The van der Waals surface area contributed by atoms with Crippen LogP contribution in [-0.4, -0.2) is 17.0 Å². The molecule has 0 radical (unpaired) electrons. The van der Waals surface area contributed by atoms with E-state index in [1.807, 2.05) is 0 Å². The number of imidazole rings is 1. The number of nitrogens with one attached hydrogen (secondary N) is 2. The first-order valence-corrected chi connectivity index (χ1v) is 5.41. The highest BCUT2D eigenvalue weighted by atomic mass is 19.1. The molecule has 0 bridgehead atoms. The van der Waals surface area contributed by atoms with Crippen LogP contribution in [0, 0.1) is 17.5 Å². The lowest BCUT2D eigenvalue weighted by atomic mass is 10.0. The Balaban J connectivity index is 2.33. The van der Waals surface area contributed by atoms with Crippen molar-refractivity contribution in [3.8, 4) is 0 Å². The van der Waals surface area contributed by atoms with Gasteiger partial charge in [0.2, 0.25) is 0 Å². The van der Waals surface area contributed by atoms with E-state index in [1.54, 1.807) is 19.4 Å². The maximum Gasteiger partial charge on any atom is 0.133 e. The number of aromatic nitrogens is 2. The highest BCUT2D eigenvalue weighted by Gasteiger charge is 2.21. The minimum Gasteiger partial charge on any atom is -0.349 e. The number of nitrogens with zero attached hydrogens (tertiary/aromatic N) is 1. The van der Waals surface area contributed by atoms with Crippen LogP contribution in [0.3, 0.4) is 0 Å². The van der Waals surface area contributed by atoms with E-state index in [0.29, 0.717) is 18.0 Å². The Morgan fingerprint density at radius 3 is 2.44 bits per heavy atom. The van der Waals surface area contributed by atoms with Crippen LogP contribution in [0.1, 0.15) is 17.4 Å². The molecule has 1 aromatic heterocycles. The summed E-state index contributed by atoms with van der Waals surface area (Å²) in [5.41, 5.74) is -0.185. The van der Waals surface area contributed by atoms with Crippen LogP contribution in [0.5, 0.6) is 0 Å². The standard InChI is InChI=1S/C12H12F3N3/c1-16-10(6-11-17-2-3-18-11)12-8(14)4-7(13)5-9(12)15/h2-5,10,16H,6H2,1H3,(H,17,18). The second-order valence-electron chi connectivity index (χ2n) is 3.86.